The van der Waals surface area contributed by atoms with Gasteiger partial charge in [-0.3, -0.25) is 4.98 Å². The zero-order valence-corrected chi connectivity index (χ0v) is 12.0. The van der Waals surface area contributed by atoms with Crippen LogP contribution in [0.5, 0.6) is 0 Å². The van der Waals surface area contributed by atoms with Crippen LogP contribution in [0.2, 0.25) is 0 Å². The molecular weight excluding hydrogens is 296 g/mol. The average molecular weight is 310 g/mol. The summed E-state index contributed by atoms with van der Waals surface area (Å²) < 4.78 is 31.6. The van der Waals surface area contributed by atoms with Gasteiger partial charge >= 0.3 is 5.97 Å². The number of aliphatic carboxylic acids is 1. The lowest BCUT2D eigenvalue weighted by molar-refractivity contribution is -0.147. The molecule has 0 aliphatic rings. The highest BCUT2D eigenvalue weighted by atomic mass is 32.2. The lowest BCUT2D eigenvalue weighted by atomic mass is 10.2. The molecule has 7 nitrogen and oxygen atoms in total. The van der Waals surface area contributed by atoms with E-state index >= 15 is 0 Å². The molecule has 2 N–H and O–H groups in total. The Kier molecular flexibility index (Phi) is 4.51. The number of sulfonamides is 1. The first-order valence-corrected chi connectivity index (χ1v) is 7.52. The van der Waals surface area contributed by atoms with Gasteiger partial charge in [-0.05, 0) is 12.1 Å². The fraction of sp³-hybridized carbons (Fsp3) is 0.231. The number of pyridine rings is 1. The van der Waals surface area contributed by atoms with E-state index in [1.165, 1.54) is 19.4 Å². The number of carboxylic acid groups (broad SMARTS) is 1. The molecule has 1 atom stereocenters. The maximum atomic E-state index is 12.3. The van der Waals surface area contributed by atoms with E-state index in [2.05, 4.69) is 9.71 Å². The topological polar surface area (TPSA) is 106 Å². The van der Waals surface area contributed by atoms with Crippen LogP contribution in [0.3, 0.4) is 0 Å². The highest BCUT2D eigenvalue weighted by Crippen LogP contribution is 2.21. The fourth-order valence-corrected chi connectivity index (χ4v) is 3.12. The first kappa shape index (κ1) is 15.4. The second-order valence-electron chi connectivity index (χ2n) is 4.27. The molecule has 0 bridgehead atoms. The minimum Gasteiger partial charge on any atom is -0.479 e. The van der Waals surface area contributed by atoms with Crippen molar-refractivity contribution in [2.45, 2.75) is 11.0 Å². The van der Waals surface area contributed by atoms with E-state index in [1.807, 2.05) is 0 Å². The molecule has 21 heavy (non-hydrogen) atoms. The number of nitrogens with zero attached hydrogens (tertiary/aromatic N) is 1. The summed E-state index contributed by atoms with van der Waals surface area (Å²) in [6, 6.07) is 6.39. The molecule has 112 valence electrons. The molecule has 2 rings (SSSR count). The van der Waals surface area contributed by atoms with Crippen molar-refractivity contribution in [1.29, 1.82) is 0 Å². The molecule has 0 amide bonds. The van der Waals surface area contributed by atoms with Gasteiger partial charge in [-0.2, -0.15) is 0 Å². The van der Waals surface area contributed by atoms with Crippen LogP contribution in [-0.2, 0) is 19.6 Å². The molecule has 1 unspecified atom stereocenters. The smallest absolute Gasteiger partial charge is 0.334 e. The van der Waals surface area contributed by atoms with Crippen molar-refractivity contribution < 1.29 is 23.1 Å². The molecule has 0 aliphatic heterocycles. The van der Waals surface area contributed by atoms with Crippen molar-refractivity contribution in [2.24, 2.45) is 0 Å². The van der Waals surface area contributed by atoms with Crippen LogP contribution in [0.4, 0.5) is 0 Å². The Bertz CT molecular complexity index is 755. The van der Waals surface area contributed by atoms with Crippen molar-refractivity contribution in [3.63, 3.8) is 0 Å². The minimum absolute atomic E-state index is 0.0719. The van der Waals surface area contributed by atoms with Crippen LogP contribution in [-0.4, -0.2) is 44.2 Å². The van der Waals surface area contributed by atoms with Gasteiger partial charge in [0.2, 0.25) is 10.0 Å². The standard InChI is InChI=1S/C13H14N2O5S/c1-20-11(13(16)17)8-15-21(18,19)12-4-2-3-9-7-14-6-5-10(9)12/h2-7,11,15H,8H2,1H3,(H,16,17). The zero-order valence-electron chi connectivity index (χ0n) is 11.2. The summed E-state index contributed by atoms with van der Waals surface area (Å²) in [6.45, 7) is -0.352. The van der Waals surface area contributed by atoms with E-state index in [1.54, 1.807) is 24.4 Å². The number of hydrogen-bond donors (Lipinski definition) is 2. The van der Waals surface area contributed by atoms with E-state index in [4.69, 9.17) is 9.84 Å². The monoisotopic (exact) mass is 310 g/mol. The molecular formula is C13H14N2O5S. The van der Waals surface area contributed by atoms with Crippen molar-refractivity contribution >= 4 is 26.8 Å². The van der Waals surface area contributed by atoms with E-state index in [9.17, 15) is 13.2 Å². The Morgan fingerprint density at radius 3 is 2.86 bits per heavy atom. The van der Waals surface area contributed by atoms with Gasteiger partial charge in [0.15, 0.2) is 6.10 Å². The van der Waals surface area contributed by atoms with Gasteiger partial charge < -0.3 is 9.84 Å². The quantitative estimate of drug-likeness (QED) is 0.810. The molecule has 0 radical (unpaired) electrons. The predicted octanol–water partition coefficient (Wildman–Crippen LogP) is 0.613. The molecule has 1 heterocycles. The highest BCUT2D eigenvalue weighted by Gasteiger charge is 2.22. The number of nitrogens with one attached hydrogen (secondary N) is 1. The van der Waals surface area contributed by atoms with E-state index in [0.717, 1.165) is 0 Å². The fourth-order valence-electron chi connectivity index (χ4n) is 1.86. The summed E-state index contributed by atoms with van der Waals surface area (Å²) in [5.74, 6) is -1.23. The third kappa shape index (κ3) is 3.35. The van der Waals surface area contributed by atoms with Crippen LogP contribution < -0.4 is 4.72 Å². The molecule has 0 aliphatic carbocycles. The molecule has 0 spiro atoms. The number of benzene rings is 1. The zero-order chi connectivity index (χ0) is 15.5. The first-order valence-electron chi connectivity index (χ1n) is 6.03. The van der Waals surface area contributed by atoms with Crippen molar-refractivity contribution in [3.8, 4) is 0 Å². The highest BCUT2D eigenvalue weighted by molar-refractivity contribution is 7.89. The van der Waals surface area contributed by atoms with Crippen LogP contribution in [0.25, 0.3) is 10.8 Å². The van der Waals surface area contributed by atoms with Crippen molar-refractivity contribution in [1.82, 2.24) is 9.71 Å². The van der Waals surface area contributed by atoms with Gasteiger partial charge in [0.25, 0.3) is 0 Å². The Balaban J connectivity index is 2.32. The van der Waals surface area contributed by atoms with E-state index in [0.29, 0.717) is 10.8 Å². The summed E-state index contributed by atoms with van der Waals surface area (Å²) in [7, 11) is -2.64. The van der Waals surface area contributed by atoms with Crippen molar-refractivity contribution in [3.05, 3.63) is 36.7 Å². The number of rotatable bonds is 6. The number of ether oxygens (including phenoxy) is 1. The van der Waals surface area contributed by atoms with Crippen LogP contribution in [0, 0.1) is 0 Å². The van der Waals surface area contributed by atoms with Gasteiger partial charge in [-0.1, -0.05) is 12.1 Å². The van der Waals surface area contributed by atoms with Gasteiger partial charge in [-0.15, -0.1) is 0 Å². The summed E-state index contributed by atoms with van der Waals surface area (Å²) in [6.07, 6.45) is 1.82. The number of hydrogen-bond acceptors (Lipinski definition) is 5. The van der Waals surface area contributed by atoms with Crippen LogP contribution >= 0.6 is 0 Å². The lowest BCUT2D eigenvalue weighted by Crippen LogP contribution is -2.37. The number of carbonyl (C=O) groups is 1. The van der Waals surface area contributed by atoms with Crippen LogP contribution in [0.15, 0.2) is 41.6 Å². The summed E-state index contributed by atoms with van der Waals surface area (Å²) in [4.78, 5) is 14.8. The number of methoxy groups -OCH3 is 1. The SMILES string of the molecule is COC(CNS(=O)(=O)c1cccc2cnccc12)C(=O)O. The van der Waals surface area contributed by atoms with Gasteiger partial charge in [0, 0.05) is 36.8 Å². The summed E-state index contributed by atoms with van der Waals surface area (Å²) in [5.41, 5.74) is 0. The molecule has 2 aromatic rings. The maximum Gasteiger partial charge on any atom is 0.334 e. The average Bonchev–Trinajstić information content (AvgIpc) is 2.46. The third-order valence-electron chi connectivity index (χ3n) is 2.95. The molecule has 0 fully saturated rings. The minimum atomic E-state index is -3.85. The van der Waals surface area contributed by atoms with Crippen molar-refractivity contribution in [2.75, 3.05) is 13.7 Å². The van der Waals surface area contributed by atoms with Gasteiger partial charge in [0.05, 0.1) is 4.90 Å². The predicted molar refractivity (Wildman–Crippen MR) is 75.4 cm³/mol. The normalized spacial score (nSPS) is 13.2. The maximum absolute atomic E-state index is 12.3. The summed E-state index contributed by atoms with van der Waals surface area (Å²) in [5, 5.41) is 10.0. The molecule has 0 saturated heterocycles. The molecule has 1 aromatic heterocycles. The van der Waals surface area contributed by atoms with Gasteiger partial charge in [0.1, 0.15) is 0 Å². The Morgan fingerprint density at radius 1 is 1.43 bits per heavy atom. The number of fused-ring (bicyclic) bond motifs is 1. The second-order valence-corrected chi connectivity index (χ2v) is 6.00. The summed E-state index contributed by atoms with van der Waals surface area (Å²) >= 11 is 0. The van der Waals surface area contributed by atoms with E-state index < -0.39 is 22.1 Å². The molecule has 0 saturated carbocycles. The lowest BCUT2D eigenvalue weighted by Gasteiger charge is -2.13. The molecule has 8 heteroatoms. The Labute approximate surface area is 121 Å². The Morgan fingerprint density at radius 2 is 2.19 bits per heavy atom. The Hall–Kier alpha value is -2.03. The number of aromatic nitrogens is 1. The van der Waals surface area contributed by atoms with E-state index in [-0.39, 0.29) is 11.4 Å². The molecule has 1 aromatic carbocycles. The second kappa shape index (κ2) is 6.17. The first-order chi connectivity index (χ1) is 9.95. The largest absolute Gasteiger partial charge is 0.479 e. The van der Waals surface area contributed by atoms with Crippen LogP contribution in [0.1, 0.15) is 0 Å². The third-order valence-corrected chi connectivity index (χ3v) is 4.43. The van der Waals surface area contributed by atoms with Gasteiger partial charge in [-0.25, -0.2) is 17.9 Å². The number of carboxylic acids is 1.